The Balaban J connectivity index is 0.00000149. The number of rotatable bonds is 5. The van der Waals surface area contributed by atoms with Crippen molar-refractivity contribution in [3.8, 4) is 34.0 Å². The lowest BCUT2D eigenvalue weighted by atomic mass is 9.86. The molecule has 4 N–H and O–H groups in total. The van der Waals surface area contributed by atoms with Crippen molar-refractivity contribution in [1.29, 1.82) is 0 Å². The number of aromatic nitrogens is 2. The Bertz CT molecular complexity index is 1060. The fourth-order valence-corrected chi connectivity index (χ4v) is 3.57. The number of hydrogen-bond donors (Lipinski definition) is 2. The van der Waals surface area contributed by atoms with Gasteiger partial charge in [-0.25, -0.2) is 9.97 Å². The minimum atomic E-state index is 0.122. The van der Waals surface area contributed by atoms with E-state index in [9.17, 15) is 0 Å². The number of ether oxygens (including phenoxy) is 2. The van der Waals surface area contributed by atoms with Gasteiger partial charge in [-0.2, -0.15) is 0 Å². The molecule has 0 saturated carbocycles. The number of likely N-dealkylation sites (N-methyl/N-ethyl adjacent to an activating group) is 1. The van der Waals surface area contributed by atoms with Crippen molar-refractivity contribution in [2.24, 2.45) is 11.7 Å². The predicted molar refractivity (Wildman–Crippen MR) is 133 cm³/mol. The minimum absolute atomic E-state index is 0.122. The van der Waals surface area contributed by atoms with Gasteiger partial charge in [-0.05, 0) is 49.3 Å². The zero-order chi connectivity index (χ0) is 24.0. The molecule has 1 aromatic heterocycles. The Hall–Kier alpha value is -3.00. The van der Waals surface area contributed by atoms with Crippen LogP contribution in [0.5, 0.6) is 11.5 Å². The van der Waals surface area contributed by atoms with Gasteiger partial charge in [0.2, 0.25) is 0 Å². The summed E-state index contributed by atoms with van der Waals surface area (Å²) in [6, 6.07) is 16.8. The van der Waals surface area contributed by atoms with E-state index in [4.69, 9.17) is 19.4 Å². The van der Waals surface area contributed by atoms with Crippen LogP contribution in [0.1, 0.15) is 32.2 Å². The van der Waals surface area contributed by atoms with Crippen LogP contribution in [-0.4, -0.2) is 48.7 Å². The third-order valence-electron chi connectivity index (χ3n) is 5.44. The summed E-state index contributed by atoms with van der Waals surface area (Å²) in [6.45, 7) is 8.74. The molecular formula is C26H35N5O2. The molecule has 0 unspecified atom stereocenters. The SMILES string of the molecule is CN(C)CCc1nc(-c2ccc(C(C)(C)C)cc2)cc(-c2ccc3c(c2)OCCO3)n1.NN. The maximum atomic E-state index is 5.78. The van der Waals surface area contributed by atoms with Crippen molar-refractivity contribution in [3.63, 3.8) is 0 Å². The van der Waals surface area contributed by atoms with Crippen molar-refractivity contribution < 1.29 is 9.47 Å². The monoisotopic (exact) mass is 449 g/mol. The second kappa shape index (κ2) is 10.7. The lowest BCUT2D eigenvalue weighted by Crippen LogP contribution is -2.17. The number of nitrogens with two attached hydrogens (primary N) is 2. The Morgan fingerprint density at radius 3 is 2.00 bits per heavy atom. The first-order chi connectivity index (χ1) is 15.8. The van der Waals surface area contributed by atoms with Crippen molar-refractivity contribution >= 4 is 0 Å². The van der Waals surface area contributed by atoms with Crippen LogP contribution in [-0.2, 0) is 11.8 Å². The topological polar surface area (TPSA) is 99.5 Å². The van der Waals surface area contributed by atoms with E-state index in [0.29, 0.717) is 13.2 Å². The fourth-order valence-electron chi connectivity index (χ4n) is 3.57. The summed E-state index contributed by atoms with van der Waals surface area (Å²) in [5, 5.41) is 0. The van der Waals surface area contributed by atoms with E-state index in [2.05, 4.69) is 81.8 Å². The van der Waals surface area contributed by atoms with Crippen LogP contribution in [0.4, 0.5) is 0 Å². The van der Waals surface area contributed by atoms with Gasteiger partial charge in [-0.3, -0.25) is 11.7 Å². The molecule has 0 bridgehead atoms. The summed E-state index contributed by atoms with van der Waals surface area (Å²) < 4.78 is 11.5. The van der Waals surface area contributed by atoms with E-state index in [1.807, 2.05) is 18.2 Å². The highest BCUT2D eigenvalue weighted by Gasteiger charge is 2.16. The summed E-state index contributed by atoms with van der Waals surface area (Å²) in [5.74, 6) is 10.4. The highest BCUT2D eigenvalue weighted by molar-refractivity contribution is 5.70. The number of fused-ring (bicyclic) bond motifs is 1. The molecule has 176 valence electrons. The van der Waals surface area contributed by atoms with Crippen LogP contribution >= 0.6 is 0 Å². The summed E-state index contributed by atoms with van der Waals surface area (Å²) in [6.07, 6.45) is 0.790. The number of benzene rings is 2. The molecule has 7 nitrogen and oxygen atoms in total. The molecule has 2 aromatic carbocycles. The second-order valence-electron chi connectivity index (χ2n) is 9.29. The van der Waals surface area contributed by atoms with Crippen LogP contribution in [0.15, 0.2) is 48.5 Å². The van der Waals surface area contributed by atoms with E-state index >= 15 is 0 Å². The quantitative estimate of drug-likeness (QED) is 0.451. The van der Waals surface area contributed by atoms with Gasteiger partial charge in [0.05, 0.1) is 11.4 Å². The van der Waals surface area contributed by atoms with Gasteiger partial charge in [0.25, 0.3) is 0 Å². The van der Waals surface area contributed by atoms with Crippen molar-refractivity contribution in [2.75, 3.05) is 33.9 Å². The number of nitrogens with zero attached hydrogens (tertiary/aromatic N) is 3. The Kier molecular flexibility index (Phi) is 8.02. The average molecular weight is 450 g/mol. The Morgan fingerprint density at radius 1 is 0.818 bits per heavy atom. The maximum Gasteiger partial charge on any atom is 0.162 e. The first kappa shape index (κ1) is 24.6. The molecule has 0 amide bonds. The summed E-state index contributed by atoms with van der Waals surface area (Å²) in [7, 11) is 4.13. The standard InChI is InChI=1S/C26H31N3O2.H4N2/c1-26(2,3)20-9-6-18(7-10-20)21-17-22(28-25(27-21)12-13-29(4)5)19-8-11-23-24(16-19)31-15-14-30-23;1-2/h6-11,16-17H,12-15H2,1-5H3;1-2H2. The van der Waals surface area contributed by atoms with E-state index in [0.717, 1.165) is 52.8 Å². The van der Waals surface area contributed by atoms with Crippen molar-refractivity contribution in [1.82, 2.24) is 14.9 Å². The van der Waals surface area contributed by atoms with Crippen LogP contribution in [0.3, 0.4) is 0 Å². The highest BCUT2D eigenvalue weighted by Crippen LogP contribution is 2.35. The molecule has 1 aliphatic heterocycles. The zero-order valence-corrected chi connectivity index (χ0v) is 20.3. The molecule has 7 heteroatoms. The Morgan fingerprint density at radius 2 is 1.39 bits per heavy atom. The molecule has 4 rings (SSSR count). The van der Waals surface area contributed by atoms with E-state index in [1.54, 1.807) is 0 Å². The van der Waals surface area contributed by atoms with Crippen LogP contribution < -0.4 is 21.2 Å². The largest absolute Gasteiger partial charge is 0.486 e. The summed E-state index contributed by atoms with van der Waals surface area (Å²) in [4.78, 5) is 11.9. The van der Waals surface area contributed by atoms with Gasteiger partial charge in [0.15, 0.2) is 11.5 Å². The maximum absolute atomic E-state index is 5.78. The number of hydrogen-bond acceptors (Lipinski definition) is 7. The van der Waals surface area contributed by atoms with Gasteiger partial charge in [0, 0.05) is 24.1 Å². The van der Waals surface area contributed by atoms with Crippen LogP contribution in [0, 0.1) is 0 Å². The smallest absolute Gasteiger partial charge is 0.162 e. The minimum Gasteiger partial charge on any atom is -0.486 e. The van der Waals surface area contributed by atoms with Crippen molar-refractivity contribution in [2.45, 2.75) is 32.6 Å². The fraction of sp³-hybridized carbons (Fsp3) is 0.385. The summed E-state index contributed by atoms with van der Waals surface area (Å²) in [5.41, 5.74) is 5.37. The molecule has 0 atom stereocenters. The molecular weight excluding hydrogens is 414 g/mol. The normalized spacial score (nSPS) is 12.8. The molecule has 0 aliphatic carbocycles. The van der Waals surface area contributed by atoms with Crippen LogP contribution in [0.25, 0.3) is 22.5 Å². The van der Waals surface area contributed by atoms with Gasteiger partial charge in [0.1, 0.15) is 19.0 Å². The second-order valence-corrected chi connectivity index (χ2v) is 9.29. The highest BCUT2D eigenvalue weighted by atomic mass is 16.6. The molecule has 33 heavy (non-hydrogen) atoms. The molecule has 0 radical (unpaired) electrons. The molecule has 1 aliphatic rings. The molecule has 3 aromatic rings. The van der Waals surface area contributed by atoms with E-state index in [-0.39, 0.29) is 5.41 Å². The lowest BCUT2D eigenvalue weighted by Gasteiger charge is -2.20. The molecule has 0 saturated heterocycles. The van der Waals surface area contributed by atoms with Gasteiger partial charge in [-0.15, -0.1) is 0 Å². The summed E-state index contributed by atoms with van der Waals surface area (Å²) >= 11 is 0. The number of hydrazine groups is 1. The third-order valence-corrected chi connectivity index (χ3v) is 5.44. The van der Waals surface area contributed by atoms with E-state index < -0.39 is 0 Å². The first-order valence-electron chi connectivity index (χ1n) is 11.2. The predicted octanol–water partition coefficient (Wildman–Crippen LogP) is 3.80. The molecule has 2 heterocycles. The lowest BCUT2D eigenvalue weighted by molar-refractivity contribution is 0.171. The third kappa shape index (κ3) is 6.28. The average Bonchev–Trinajstić information content (AvgIpc) is 2.83. The molecule has 0 fully saturated rings. The zero-order valence-electron chi connectivity index (χ0n) is 20.3. The van der Waals surface area contributed by atoms with Gasteiger partial charge >= 0.3 is 0 Å². The van der Waals surface area contributed by atoms with Crippen molar-refractivity contribution in [3.05, 3.63) is 59.9 Å². The molecule has 0 spiro atoms. The van der Waals surface area contributed by atoms with Gasteiger partial charge < -0.3 is 14.4 Å². The first-order valence-corrected chi connectivity index (χ1v) is 11.2. The van der Waals surface area contributed by atoms with Crippen LogP contribution in [0.2, 0.25) is 0 Å². The van der Waals surface area contributed by atoms with E-state index in [1.165, 1.54) is 5.56 Å². The Labute approximate surface area is 196 Å². The van der Waals surface area contributed by atoms with Gasteiger partial charge in [-0.1, -0.05) is 45.0 Å².